The van der Waals surface area contributed by atoms with Gasteiger partial charge in [-0.1, -0.05) is 6.92 Å². The first-order valence-corrected chi connectivity index (χ1v) is 6.58. The molecule has 0 aliphatic rings. The summed E-state index contributed by atoms with van der Waals surface area (Å²) in [5, 5.41) is 14.1. The van der Waals surface area contributed by atoms with Gasteiger partial charge in [-0.15, -0.1) is 11.3 Å². The van der Waals surface area contributed by atoms with Gasteiger partial charge >= 0.3 is 0 Å². The van der Waals surface area contributed by atoms with E-state index in [-0.39, 0.29) is 5.91 Å². The third-order valence-electron chi connectivity index (χ3n) is 2.46. The van der Waals surface area contributed by atoms with Crippen LogP contribution in [0.15, 0.2) is 11.4 Å². The van der Waals surface area contributed by atoms with E-state index < -0.39 is 6.10 Å². The topological polar surface area (TPSA) is 58.6 Å². The van der Waals surface area contributed by atoms with Crippen LogP contribution in [0.1, 0.15) is 28.6 Å². The monoisotopic (exact) mass is 257 g/mol. The Morgan fingerprint density at radius 3 is 3.06 bits per heavy atom. The molecule has 0 aliphatic heterocycles. The first kappa shape index (κ1) is 14.2. The van der Waals surface area contributed by atoms with Gasteiger partial charge in [-0.2, -0.15) is 0 Å². The van der Waals surface area contributed by atoms with Gasteiger partial charge in [-0.05, 0) is 29.9 Å². The highest BCUT2D eigenvalue weighted by Crippen LogP contribution is 2.16. The zero-order chi connectivity index (χ0) is 12.7. The van der Waals surface area contributed by atoms with Crippen molar-refractivity contribution in [3.05, 3.63) is 21.9 Å². The summed E-state index contributed by atoms with van der Waals surface area (Å²) in [6, 6.07) is 1.97. The maximum atomic E-state index is 11.8. The zero-order valence-electron chi connectivity index (χ0n) is 10.2. The number of aryl methyl sites for hydroxylation is 1. The van der Waals surface area contributed by atoms with E-state index in [0.717, 1.165) is 16.9 Å². The fourth-order valence-electron chi connectivity index (χ4n) is 1.52. The number of hydrogen-bond acceptors (Lipinski definition) is 4. The van der Waals surface area contributed by atoms with E-state index in [4.69, 9.17) is 4.74 Å². The number of carbonyl (C=O) groups excluding carboxylic acids is 1. The molecule has 1 unspecified atom stereocenters. The minimum absolute atomic E-state index is 0.0542. The number of methoxy groups -OCH3 is 1. The van der Waals surface area contributed by atoms with Crippen molar-refractivity contribution < 1.29 is 14.6 Å². The fourth-order valence-corrected chi connectivity index (χ4v) is 2.43. The van der Waals surface area contributed by atoms with Crippen molar-refractivity contribution >= 4 is 17.2 Å². The van der Waals surface area contributed by atoms with Crippen LogP contribution in [-0.2, 0) is 11.2 Å². The molecule has 0 saturated carbocycles. The van der Waals surface area contributed by atoms with E-state index in [1.54, 1.807) is 7.11 Å². The van der Waals surface area contributed by atoms with Crippen LogP contribution in [0.4, 0.5) is 0 Å². The summed E-state index contributed by atoms with van der Waals surface area (Å²) in [4.78, 5) is 12.6. The Bertz CT molecular complexity index is 351. The average molecular weight is 257 g/mol. The molecule has 1 aromatic heterocycles. The lowest BCUT2D eigenvalue weighted by molar-refractivity contribution is 0.0588. The molecule has 1 aromatic rings. The number of aliphatic hydroxyl groups is 1. The maximum Gasteiger partial charge on any atom is 0.261 e. The van der Waals surface area contributed by atoms with Gasteiger partial charge in [0.25, 0.3) is 5.91 Å². The SMILES string of the molecule is CCc1ccsc1C(=O)NCCC(O)COC. The number of rotatable bonds is 7. The van der Waals surface area contributed by atoms with Crippen molar-refractivity contribution in [1.82, 2.24) is 5.32 Å². The van der Waals surface area contributed by atoms with Crippen LogP contribution in [0, 0.1) is 0 Å². The first-order chi connectivity index (χ1) is 8.19. The second-order valence-electron chi connectivity index (χ2n) is 3.78. The summed E-state index contributed by atoms with van der Waals surface area (Å²) < 4.78 is 4.81. The second-order valence-corrected chi connectivity index (χ2v) is 4.70. The van der Waals surface area contributed by atoms with Gasteiger partial charge in [0, 0.05) is 13.7 Å². The first-order valence-electron chi connectivity index (χ1n) is 5.70. The summed E-state index contributed by atoms with van der Waals surface area (Å²) in [5.41, 5.74) is 1.07. The predicted octanol–water partition coefficient (Wildman–Crippen LogP) is 1.44. The Labute approximate surface area is 106 Å². The predicted molar refractivity (Wildman–Crippen MR) is 68.5 cm³/mol. The summed E-state index contributed by atoms with van der Waals surface area (Å²) in [5.74, 6) is -0.0542. The highest BCUT2D eigenvalue weighted by atomic mass is 32.1. The second kappa shape index (κ2) is 7.42. The van der Waals surface area contributed by atoms with Gasteiger partial charge in [0.15, 0.2) is 0 Å². The molecule has 5 heteroatoms. The number of thiophene rings is 1. The van der Waals surface area contributed by atoms with Gasteiger partial charge in [0.05, 0.1) is 17.6 Å². The Hall–Kier alpha value is -0.910. The summed E-state index contributed by atoms with van der Waals surface area (Å²) in [6.07, 6.45) is 0.847. The van der Waals surface area contributed by atoms with Crippen molar-refractivity contribution in [2.75, 3.05) is 20.3 Å². The Balaban J connectivity index is 2.35. The van der Waals surface area contributed by atoms with E-state index in [1.807, 2.05) is 18.4 Å². The van der Waals surface area contributed by atoms with Crippen LogP contribution in [-0.4, -0.2) is 37.4 Å². The number of carbonyl (C=O) groups is 1. The van der Waals surface area contributed by atoms with Crippen molar-refractivity contribution in [2.45, 2.75) is 25.9 Å². The Morgan fingerprint density at radius 1 is 1.65 bits per heavy atom. The third kappa shape index (κ3) is 4.46. The molecule has 96 valence electrons. The molecule has 1 rings (SSSR count). The van der Waals surface area contributed by atoms with Crippen LogP contribution < -0.4 is 5.32 Å². The molecular weight excluding hydrogens is 238 g/mol. The minimum atomic E-state index is -0.519. The lowest BCUT2D eigenvalue weighted by Gasteiger charge is -2.10. The summed E-state index contributed by atoms with van der Waals surface area (Å²) >= 11 is 1.45. The normalized spacial score (nSPS) is 12.4. The molecule has 0 spiro atoms. The van der Waals surface area contributed by atoms with Gasteiger partial charge in [0.1, 0.15) is 0 Å². The number of nitrogens with one attached hydrogen (secondary N) is 1. The van der Waals surface area contributed by atoms with E-state index in [0.29, 0.717) is 19.6 Å². The molecule has 2 N–H and O–H groups in total. The van der Waals surface area contributed by atoms with E-state index in [1.165, 1.54) is 11.3 Å². The molecule has 4 nitrogen and oxygen atoms in total. The highest BCUT2D eigenvalue weighted by molar-refractivity contribution is 7.12. The molecule has 0 bridgehead atoms. The smallest absolute Gasteiger partial charge is 0.261 e. The van der Waals surface area contributed by atoms with E-state index in [9.17, 15) is 9.90 Å². The van der Waals surface area contributed by atoms with E-state index >= 15 is 0 Å². The molecule has 17 heavy (non-hydrogen) atoms. The third-order valence-corrected chi connectivity index (χ3v) is 3.41. The number of amides is 1. The van der Waals surface area contributed by atoms with Gasteiger partial charge in [0.2, 0.25) is 0 Å². The average Bonchev–Trinajstić information content (AvgIpc) is 2.77. The van der Waals surface area contributed by atoms with Crippen LogP contribution in [0.25, 0.3) is 0 Å². The number of hydrogen-bond donors (Lipinski definition) is 2. The minimum Gasteiger partial charge on any atom is -0.391 e. The lowest BCUT2D eigenvalue weighted by atomic mass is 10.2. The molecule has 1 amide bonds. The Morgan fingerprint density at radius 2 is 2.41 bits per heavy atom. The molecule has 1 atom stereocenters. The van der Waals surface area contributed by atoms with Gasteiger partial charge in [-0.3, -0.25) is 4.79 Å². The lowest BCUT2D eigenvalue weighted by Crippen LogP contribution is -2.28. The number of aliphatic hydroxyl groups excluding tert-OH is 1. The molecule has 0 fully saturated rings. The fraction of sp³-hybridized carbons (Fsp3) is 0.583. The van der Waals surface area contributed by atoms with Crippen molar-refractivity contribution in [1.29, 1.82) is 0 Å². The van der Waals surface area contributed by atoms with Crippen LogP contribution in [0.3, 0.4) is 0 Å². The van der Waals surface area contributed by atoms with Crippen molar-refractivity contribution in [3.63, 3.8) is 0 Å². The molecule has 0 aliphatic carbocycles. The largest absolute Gasteiger partial charge is 0.391 e. The molecule has 1 heterocycles. The summed E-state index contributed by atoms with van der Waals surface area (Å²) in [6.45, 7) is 2.79. The maximum absolute atomic E-state index is 11.8. The molecular formula is C12H19NO3S. The molecule has 0 aromatic carbocycles. The van der Waals surface area contributed by atoms with Gasteiger partial charge < -0.3 is 15.2 Å². The van der Waals surface area contributed by atoms with Gasteiger partial charge in [-0.25, -0.2) is 0 Å². The zero-order valence-corrected chi connectivity index (χ0v) is 11.0. The number of ether oxygens (including phenoxy) is 1. The molecule has 0 saturated heterocycles. The van der Waals surface area contributed by atoms with E-state index in [2.05, 4.69) is 5.32 Å². The summed E-state index contributed by atoms with van der Waals surface area (Å²) in [7, 11) is 1.54. The quantitative estimate of drug-likeness (QED) is 0.777. The Kier molecular flexibility index (Phi) is 6.18. The van der Waals surface area contributed by atoms with Crippen LogP contribution >= 0.6 is 11.3 Å². The van der Waals surface area contributed by atoms with Crippen LogP contribution in [0.5, 0.6) is 0 Å². The molecule has 0 radical (unpaired) electrons. The van der Waals surface area contributed by atoms with Crippen molar-refractivity contribution in [3.8, 4) is 0 Å². The van der Waals surface area contributed by atoms with Crippen LogP contribution in [0.2, 0.25) is 0 Å². The highest BCUT2D eigenvalue weighted by Gasteiger charge is 2.12. The van der Waals surface area contributed by atoms with Crippen molar-refractivity contribution in [2.24, 2.45) is 0 Å². The standard InChI is InChI=1S/C12H19NO3S/c1-3-9-5-7-17-11(9)12(15)13-6-4-10(14)8-16-2/h5,7,10,14H,3-4,6,8H2,1-2H3,(H,13,15).